The summed E-state index contributed by atoms with van der Waals surface area (Å²) in [5.74, 6) is -0.852. The summed E-state index contributed by atoms with van der Waals surface area (Å²) >= 11 is 0. The first-order valence-corrected chi connectivity index (χ1v) is 9.47. The second-order valence-corrected chi connectivity index (χ2v) is 7.12. The molecule has 1 saturated heterocycles. The van der Waals surface area contributed by atoms with Crippen molar-refractivity contribution in [2.45, 2.75) is 19.8 Å². The molecule has 2 aromatic rings. The van der Waals surface area contributed by atoms with Crippen molar-refractivity contribution in [3.8, 4) is 5.75 Å². The van der Waals surface area contributed by atoms with Crippen LogP contribution in [0.4, 0.5) is 5.69 Å². The van der Waals surface area contributed by atoms with Crippen molar-refractivity contribution in [1.82, 2.24) is 4.90 Å². The number of carbonyl (C=O) groups excluding carboxylic acids is 2. The normalized spacial score (nSPS) is 14.3. The van der Waals surface area contributed by atoms with E-state index in [1.54, 1.807) is 54.5 Å². The van der Waals surface area contributed by atoms with Gasteiger partial charge in [0.2, 0.25) is 0 Å². The van der Waals surface area contributed by atoms with Gasteiger partial charge < -0.3 is 20.1 Å². The van der Waals surface area contributed by atoms with Crippen molar-refractivity contribution in [2.24, 2.45) is 5.92 Å². The molecule has 1 aliphatic rings. The maximum Gasteiger partial charge on any atom is 0.306 e. The molecular formula is C22H24N2O5. The van der Waals surface area contributed by atoms with Crippen LogP contribution in [0.2, 0.25) is 0 Å². The minimum atomic E-state index is -0.802. The average Bonchev–Trinajstić information content (AvgIpc) is 2.73. The molecule has 0 saturated carbocycles. The molecule has 1 aliphatic heterocycles. The zero-order valence-electron chi connectivity index (χ0n) is 16.5. The number of piperidine rings is 1. The van der Waals surface area contributed by atoms with Gasteiger partial charge in [-0.2, -0.15) is 0 Å². The third kappa shape index (κ3) is 4.74. The molecule has 0 bridgehead atoms. The van der Waals surface area contributed by atoms with E-state index in [9.17, 15) is 14.4 Å². The van der Waals surface area contributed by atoms with Gasteiger partial charge in [-0.25, -0.2) is 0 Å². The standard InChI is InChI=1S/C22H24N2O5/c1-14-13-18(29-2)7-8-19(14)20(25)23-17-5-3-15(4-6-17)21(26)24-11-9-16(10-12-24)22(27)28/h3-8,13,16H,9-12H2,1-2H3,(H,23,25)(H,27,28). The Bertz CT molecular complexity index is 915. The zero-order valence-corrected chi connectivity index (χ0v) is 16.5. The third-order valence-corrected chi connectivity index (χ3v) is 5.20. The number of carboxylic acid groups (broad SMARTS) is 1. The first-order chi connectivity index (χ1) is 13.9. The number of carbonyl (C=O) groups is 3. The summed E-state index contributed by atoms with van der Waals surface area (Å²) in [4.78, 5) is 37.8. The van der Waals surface area contributed by atoms with Crippen LogP contribution in [0.3, 0.4) is 0 Å². The number of ether oxygens (including phenoxy) is 1. The summed E-state index contributed by atoms with van der Waals surface area (Å²) in [7, 11) is 1.58. The molecule has 7 nitrogen and oxygen atoms in total. The van der Waals surface area contributed by atoms with E-state index in [2.05, 4.69) is 5.32 Å². The maximum absolute atomic E-state index is 12.6. The number of aliphatic carboxylic acids is 1. The monoisotopic (exact) mass is 396 g/mol. The van der Waals surface area contributed by atoms with Gasteiger partial charge in [0.15, 0.2) is 0 Å². The summed E-state index contributed by atoms with van der Waals surface area (Å²) in [5.41, 5.74) is 2.45. The second kappa shape index (κ2) is 8.77. The highest BCUT2D eigenvalue weighted by Gasteiger charge is 2.27. The van der Waals surface area contributed by atoms with Gasteiger partial charge in [-0.05, 0) is 67.8 Å². The molecule has 7 heteroatoms. The fourth-order valence-electron chi connectivity index (χ4n) is 3.42. The Labute approximate surface area is 169 Å². The molecular weight excluding hydrogens is 372 g/mol. The molecule has 2 amide bonds. The molecule has 29 heavy (non-hydrogen) atoms. The highest BCUT2D eigenvalue weighted by molar-refractivity contribution is 6.05. The number of benzene rings is 2. The van der Waals surface area contributed by atoms with Crippen LogP contribution >= 0.6 is 0 Å². The Kier molecular flexibility index (Phi) is 6.16. The Hall–Kier alpha value is -3.35. The van der Waals surface area contributed by atoms with E-state index in [1.807, 2.05) is 6.92 Å². The number of nitrogens with one attached hydrogen (secondary N) is 1. The van der Waals surface area contributed by atoms with Crippen molar-refractivity contribution in [3.05, 3.63) is 59.2 Å². The van der Waals surface area contributed by atoms with Crippen LogP contribution in [0.25, 0.3) is 0 Å². The average molecular weight is 396 g/mol. The van der Waals surface area contributed by atoms with E-state index in [0.29, 0.717) is 48.5 Å². The minimum Gasteiger partial charge on any atom is -0.497 e. The van der Waals surface area contributed by atoms with Crippen molar-refractivity contribution >= 4 is 23.5 Å². The lowest BCUT2D eigenvalue weighted by atomic mass is 9.96. The van der Waals surface area contributed by atoms with Crippen LogP contribution in [-0.4, -0.2) is 48.0 Å². The molecule has 2 aromatic carbocycles. The molecule has 1 fully saturated rings. The van der Waals surface area contributed by atoms with E-state index in [-0.39, 0.29) is 17.7 Å². The van der Waals surface area contributed by atoms with Crippen LogP contribution in [-0.2, 0) is 4.79 Å². The first kappa shape index (κ1) is 20.4. The summed E-state index contributed by atoms with van der Waals surface area (Å²) in [6, 6.07) is 12.0. The number of hydrogen-bond donors (Lipinski definition) is 2. The largest absolute Gasteiger partial charge is 0.497 e. The molecule has 2 N–H and O–H groups in total. The van der Waals surface area contributed by atoms with Crippen molar-refractivity contribution in [2.75, 3.05) is 25.5 Å². The van der Waals surface area contributed by atoms with Gasteiger partial charge in [-0.15, -0.1) is 0 Å². The zero-order chi connectivity index (χ0) is 21.0. The van der Waals surface area contributed by atoms with Gasteiger partial charge in [-0.1, -0.05) is 0 Å². The number of aryl methyl sites for hydroxylation is 1. The second-order valence-electron chi connectivity index (χ2n) is 7.12. The van der Waals surface area contributed by atoms with Gasteiger partial charge in [0.25, 0.3) is 11.8 Å². The van der Waals surface area contributed by atoms with E-state index in [0.717, 1.165) is 5.56 Å². The molecule has 152 valence electrons. The SMILES string of the molecule is COc1ccc(C(=O)Nc2ccc(C(=O)N3CCC(C(=O)O)CC3)cc2)c(C)c1. The Morgan fingerprint density at radius 1 is 1.07 bits per heavy atom. The molecule has 1 heterocycles. The van der Waals surface area contributed by atoms with Crippen LogP contribution in [0.1, 0.15) is 39.1 Å². The topological polar surface area (TPSA) is 95.9 Å². The number of hydrogen-bond acceptors (Lipinski definition) is 4. The van der Waals surface area contributed by atoms with Crippen molar-refractivity contribution in [1.29, 1.82) is 0 Å². The van der Waals surface area contributed by atoms with Gasteiger partial charge in [0, 0.05) is 29.9 Å². The quantitative estimate of drug-likeness (QED) is 0.809. The highest BCUT2D eigenvalue weighted by atomic mass is 16.5. The van der Waals surface area contributed by atoms with Crippen molar-refractivity contribution < 1.29 is 24.2 Å². The van der Waals surface area contributed by atoms with Crippen LogP contribution < -0.4 is 10.1 Å². The van der Waals surface area contributed by atoms with E-state index >= 15 is 0 Å². The highest BCUT2D eigenvalue weighted by Crippen LogP contribution is 2.21. The fraction of sp³-hybridized carbons (Fsp3) is 0.318. The molecule has 0 atom stereocenters. The minimum absolute atomic E-state index is 0.127. The summed E-state index contributed by atoms with van der Waals surface area (Å²) < 4.78 is 5.15. The molecule has 0 aliphatic carbocycles. The molecule has 0 aromatic heterocycles. The van der Waals surface area contributed by atoms with Crippen LogP contribution in [0, 0.1) is 12.8 Å². The summed E-state index contributed by atoms with van der Waals surface area (Å²) in [6.07, 6.45) is 0.937. The molecule has 3 rings (SSSR count). The number of carboxylic acids is 1. The summed E-state index contributed by atoms with van der Waals surface area (Å²) in [6.45, 7) is 2.71. The first-order valence-electron chi connectivity index (χ1n) is 9.47. The third-order valence-electron chi connectivity index (χ3n) is 5.20. The Morgan fingerprint density at radius 2 is 1.72 bits per heavy atom. The fourth-order valence-corrected chi connectivity index (χ4v) is 3.42. The smallest absolute Gasteiger partial charge is 0.306 e. The van der Waals surface area contributed by atoms with Crippen LogP contribution in [0.5, 0.6) is 5.75 Å². The van der Waals surface area contributed by atoms with Gasteiger partial charge in [-0.3, -0.25) is 14.4 Å². The Morgan fingerprint density at radius 3 is 2.28 bits per heavy atom. The predicted octanol–water partition coefficient (Wildman–Crippen LogP) is 3.19. The van der Waals surface area contributed by atoms with Crippen molar-refractivity contribution in [3.63, 3.8) is 0 Å². The van der Waals surface area contributed by atoms with Gasteiger partial charge in [0.1, 0.15) is 5.75 Å². The number of methoxy groups -OCH3 is 1. The number of amides is 2. The summed E-state index contributed by atoms with van der Waals surface area (Å²) in [5, 5.41) is 11.9. The van der Waals surface area contributed by atoms with E-state index < -0.39 is 5.97 Å². The predicted molar refractivity (Wildman–Crippen MR) is 108 cm³/mol. The van der Waals surface area contributed by atoms with Gasteiger partial charge >= 0.3 is 5.97 Å². The number of anilines is 1. The molecule has 0 unspecified atom stereocenters. The Balaban J connectivity index is 1.62. The molecule has 0 spiro atoms. The van der Waals surface area contributed by atoms with E-state index in [4.69, 9.17) is 9.84 Å². The lowest BCUT2D eigenvalue weighted by molar-refractivity contribution is -0.143. The van der Waals surface area contributed by atoms with Gasteiger partial charge in [0.05, 0.1) is 13.0 Å². The number of rotatable bonds is 5. The number of likely N-dealkylation sites (tertiary alicyclic amines) is 1. The lowest BCUT2D eigenvalue weighted by Gasteiger charge is -2.30. The van der Waals surface area contributed by atoms with Crippen LogP contribution in [0.15, 0.2) is 42.5 Å². The lowest BCUT2D eigenvalue weighted by Crippen LogP contribution is -2.40. The number of nitrogens with zero attached hydrogens (tertiary/aromatic N) is 1. The maximum atomic E-state index is 12.6. The molecule has 0 radical (unpaired) electrons. The van der Waals surface area contributed by atoms with E-state index in [1.165, 1.54) is 0 Å².